The lowest BCUT2D eigenvalue weighted by Gasteiger charge is -2.34. The van der Waals surface area contributed by atoms with Crippen molar-refractivity contribution in [1.82, 2.24) is 24.8 Å². The number of unbranched alkanes of at least 4 members (excludes halogenated alkanes) is 1. The average molecular weight is 383 g/mol. The van der Waals surface area contributed by atoms with Crippen LogP contribution < -0.4 is 5.73 Å². The number of nitrogens with one attached hydrogen (secondary N) is 1. The molecular formula is C22H34N6. The molecule has 3 N–H and O–H groups in total. The summed E-state index contributed by atoms with van der Waals surface area (Å²) in [6.45, 7) is 2.52. The molecule has 0 bridgehead atoms. The molecule has 0 amide bonds. The van der Waals surface area contributed by atoms with Crippen LogP contribution in [0.5, 0.6) is 0 Å². The lowest BCUT2D eigenvalue weighted by atomic mass is 9.94. The van der Waals surface area contributed by atoms with E-state index in [-0.39, 0.29) is 14.9 Å². The van der Waals surface area contributed by atoms with Crippen molar-refractivity contribution in [2.75, 3.05) is 13.1 Å². The van der Waals surface area contributed by atoms with E-state index >= 15 is 0 Å². The van der Waals surface area contributed by atoms with E-state index in [2.05, 4.69) is 32.0 Å². The second-order valence-corrected chi connectivity index (χ2v) is 6.96. The molecule has 4 rings (SSSR count). The number of H-pyrrole nitrogens is 1. The molecule has 1 atom stereocenters. The number of hydrogen-bond acceptors (Lipinski definition) is 5. The second kappa shape index (κ2) is 10.3. The number of nitrogens with zero attached hydrogens (tertiary/aromatic N) is 4. The van der Waals surface area contributed by atoms with Crippen molar-refractivity contribution < 1.29 is 0 Å². The van der Waals surface area contributed by atoms with Gasteiger partial charge in [0.25, 0.3) is 0 Å². The van der Waals surface area contributed by atoms with E-state index in [0.29, 0.717) is 6.04 Å². The third-order valence-corrected chi connectivity index (χ3v) is 5.14. The zero-order chi connectivity index (χ0) is 17.8. The van der Waals surface area contributed by atoms with Crippen LogP contribution in [0.25, 0.3) is 11.0 Å². The molecule has 1 aromatic carbocycles. The molecule has 2 aromatic heterocycles. The van der Waals surface area contributed by atoms with Crippen LogP contribution >= 0.6 is 0 Å². The van der Waals surface area contributed by atoms with Gasteiger partial charge in [0.1, 0.15) is 5.82 Å². The van der Waals surface area contributed by atoms with Gasteiger partial charge in [-0.25, -0.2) is 4.98 Å². The van der Waals surface area contributed by atoms with Crippen LogP contribution in [0.1, 0.15) is 63.8 Å². The van der Waals surface area contributed by atoms with Crippen molar-refractivity contribution in [2.24, 2.45) is 5.73 Å². The summed E-state index contributed by atoms with van der Waals surface area (Å²) in [4.78, 5) is 20.0. The van der Waals surface area contributed by atoms with Gasteiger partial charge in [-0.1, -0.05) is 27.0 Å². The molecule has 0 saturated heterocycles. The van der Waals surface area contributed by atoms with Crippen LogP contribution in [0.3, 0.4) is 0 Å². The minimum Gasteiger partial charge on any atom is -0.341 e. The number of aromatic nitrogens is 4. The van der Waals surface area contributed by atoms with E-state index < -0.39 is 0 Å². The first-order chi connectivity index (χ1) is 12.8. The smallest absolute Gasteiger partial charge is 0.121 e. The highest BCUT2D eigenvalue weighted by Crippen LogP contribution is 2.33. The van der Waals surface area contributed by atoms with Crippen LogP contribution in [-0.2, 0) is 13.0 Å². The number of benzene rings is 1. The molecule has 0 radical (unpaired) electrons. The van der Waals surface area contributed by atoms with Crippen molar-refractivity contribution >= 4 is 11.0 Å². The van der Waals surface area contributed by atoms with E-state index in [1.165, 1.54) is 0 Å². The quantitative estimate of drug-likeness (QED) is 0.597. The van der Waals surface area contributed by atoms with Crippen molar-refractivity contribution in [1.29, 1.82) is 0 Å². The Morgan fingerprint density at radius 2 is 1.93 bits per heavy atom. The molecule has 152 valence electrons. The minimum atomic E-state index is 0. The predicted molar refractivity (Wildman–Crippen MR) is 116 cm³/mol. The van der Waals surface area contributed by atoms with E-state index in [0.717, 1.165) is 80.0 Å². The minimum absolute atomic E-state index is 0. The first-order valence-electron chi connectivity index (χ1n) is 9.52. The number of para-hydroxylation sites is 2. The maximum Gasteiger partial charge on any atom is 0.121 e. The lowest BCUT2D eigenvalue weighted by molar-refractivity contribution is 0.158. The highest BCUT2D eigenvalue weighted by Gasteiger charge is 2.28. The summed E-state index contributed by atoms with van der Waals surface area (Å²) >= 11 is 0. The molecule has 2 heterocycles. The SMILES string of the molecule is C.C.NCCCCN(Cc1nc2ccccc2[nH]1)C1CCCc2nccnc21. The number of aryl methyl sites for hydroxylation is 1. The molecular weight excluding hydrogens is 348 g/mol. The number of aromatic amines is 1. The molecule has 0 spiro atoms. The Morgan fingerprint density at radius 1 is 1.11 bits per heavy atom. The van der Waals surface area contributed by atoms with Crippen molar-refractivity contribution in [3.8, 4) is 0 Å². The van der Waals surface area contributed by atoms with Crippen LogP contribution in [0.4, 0.5) is 0 Å². The van der Waals surface area contributed by atoms with Gasteiger partial charge in [-0.15, -0.1) is 0 Å². The van der Waals surface area contributed by atoms with E-state index in [1.807, 2.05) is 18.3 Å². The van der Waals surface area contributed by atoms with Crippen LogP contribution in [-0.4, -0.2) is 37.9 Å². The molecule has 6 nitrogen and oxygen atoms in total. The molecule has 0 saturated carbocycles. The maximum absolute atomic E-state index is 5.71. The maximum atomic E-state index is 5.71. The fraction of sp³-hybridized carbons (Fsp3) is 0.500. The normalized spacial score (nSPS) is 15.7. The summed E-state index contributed by atoms with van der Waals surface area (Å²) in [6.07, 6.45) is 9.05. The number of fused-ring (bicyclic) bond motifs is 2. The van der Waals surface area contributed by atoms with E-state index in [4.69, 9.17) is 10.7 Å². The van der Waals surface area contributed by atoms with Crippen molar-refractivity contribution in [3.63, 3.8) is 0 Å². The monoisotopic (exact) mass is 382 g/mol. The molecule has 28 heavy (non-hydrogen) atoms. The first-order valence-corrected chi connectivity index (χ1v) is 9.52. The van der Waals surface area contributed by atoms with E-state index in [1.54, 1.807) is 6.20 Å². The third-order valence-electron chi connectivity index (χ3n) is 5.14. The first kappa shape index (κ1) is 22.0. The Hall–Kier alpha value is -2.31. The molecule has 0 aliphatic heterocycles. The molecule has 1 aliphatic rings. The Labute approximate surface area is 168 Å². The van der Waals surface area contributed by atoms with Crippen LogP contribution in [0.2, 0.25) is 0 Å². The standard InChI is InChI=1S/C20H26N6.2CH4/c21-10-3-4-13-26(14-19-24-15-6-1-2-7-16(15)25-19)18-9-5-8-17-20(18)23-12-11-22-17;;/h1-2,6-7,11-12,18H,3-5,8-10,13-14,21H2,(H,24,25);2*1H4. The largest absolute Gasteiger partial charge is 0.341 e. The Morgan fingerprint density at radius 3 is 2.75 bits per heavy atom. The van der Waals surface area contributed by atoms with Gasteiger partial charge in [-0.3, -0.25) is 14.9 Å². The number of hydrogen-bond donors (Lipinski definition) is 2. The van der Waals surface area contributed by atoms with Gasteiger partial charge in [0.15, 0.2) is 0 Å². The van der Waals surface area contributed by atoms with Crippen LogP contribution in [0.15, 0.2) is 36.7 Å². The predicted octanol–water partition coefficient (Wildman–Crippen LogP) is 4.24. The van der Waals surface area contributed by atoms with Gasteiger partial charge >= 0.3 is 0 Å². The Bertz CT molecular complexity index is 826. The molecule has 0 fully saturated rings. The summed E-state index contributed by atoms with van der Waals surface area (Å²) in [5, 5.41) is 0. The Balaban J connectivity index is 0.00000140. The highest BCUT2D eigenvalue weighted by atomic mass is 15.2. The summed E-state index contributed by atoms with van der Waals surface area (Å²) in [6, 6.07) is 8.50. The fourth-order valence-electron chi connectivity index (χ4n) is 3.88. The summed E-state index contributed by atoms with van der Waals surface area (Å²) < 4.78 is 0. The van der Waals surface area contributed by atoms with Gasteiger partial charge in [0, 0.05) is 12.4 Å². The molecule has 1 aliphatic carbocycles. The van der Waals surface area contributed by atoms with E-state index in [9.17, 15) is 0 Å². The third kappa shape index (κ3) is 4.75. The van der Waals surface area contributed by atoms with Crippen molar-refractivity contribution in [2.45, 2.75) is 59.5 Å². The van der Waals surface area contributed by atoms with Crippen LogP contribution in [0, 0.1) is 0 Å². The fourth-order valence-corrected chi connectivity index (χ4v) is 3.88. The second-order valence-electron chi connectivity index (χ2n) is 6.96. The van der Waals surface area contributed by atoms with Gasteiger partial charge in [0.2, 0.25) is 0 Å². The van der Waals surface area contributed by atoms with Gasteiger partial charge in [-0.05, 0) is 57.3 Å². The van der Waals surface area contributed by atoms with Gasteiger partial charge < -0.3 is 10.7 Å². The molecule has 3 aromatic rings. The molecule has 6 heteroatoms. The summed E-state index contributed by atoms with van der Waals surface area (Å²) in [7, 11) is 0. The molecule has 1 unspecified atom stereocenters. The highest BCUT2D eigenvalue weighted by molar-refractivity contribution is 5.74. The Kier molecular flexibility index (Phi) is 8.08. The zero-order valence-electron chi connectivity index (χ0n) is 15.1. The number of rotatable bonds is 7. The summed E-state index contributed by atoms with van der Waals surface area (Å²) in [5.41, 5.74) is 10.1. The van der Waals surface area contributed by atoms with Gasteiger partial charge in [-0.2, -0.15) is 0 Å². The zero-order valence-corrected chi connectivity index (χ0v) is 15.1. The average Bonchev–Trinajstić information content (AvgIpc) is 3.09. The number of nitrogens with two attached hydrogens (primary N) is 1. The number of imidazole rings is 1. The van der Waals surface area contributed by atoms with Crippen molar-refractivity contribution in [3.05, 3.63) is 53.9 Å². The lowest BCUT2D eigenvalue weighted by Crippen LogP contribution is -2.33. The summed E-state index contributed by atoms with van der Waals surface area (Å²) in [5.74, 6) is 1.01. The topological polar surface area (TPSA) is 83.7 Å². The van der Waals surface area contributed by atoms with Gasteiger partial charge in [0.05, 0.1) is 35.0 Å².